The number of fused-ring (bicyclic) bond motifs is 1. The molecule has 1 amide bonds. The van der Waals surface area contributed by atoms with Crippen LogP contribution in [0.3, 0.4) is 0 Å². The second kappa shape index (κ2) is 12.2. The number of aromatic nitrogens is 1. The van der Waals surface area contributed by atoms with Crippen LogP contribution < -0.4 is 10.6 Å². The first-order valence-corrected chi connectivity index (χ1v) is 11.1. The third-order valence-corrected chi connectivity index (χ3v) is 5.45. The molecule has 8 nitrogen and oxygen atoms in total. The zero-order valence-corrected chi connectivity index (χ0v) is 18.1. The predicted molar refractivity (Wildman–Crippen MR) is 120 cm³/mol. The first-order chi connectivity index (χ1) is 15.5. The molecule has 0 aliphatic carbocycles. The molecule has 3 rings (SSSR count). The van der Waals surface area contributed by atoms with Crippen molar-refractivity contribution in [2.24, 2.45) is 0 Å². The molecule has 0 fully saturated rings. The third-order valence-electron chi connectivity index (χ3n) is 5.45. The number of nitrogens with zero attached hydrogens (tertiary/aromatic N) is 1. The highest BCUT2D eigenvalue weighted by atomic mass is 16.5. The molecule has 2 aromatic rings. The number of aliphatic hydroxyl groups excluding tert-OH is 1. The molecule has 0 saturated carbocycles. The molecular weight excluding hydrogens is 410 g/mol. The van der Waals surface area contributed by atoms with E-state index in [1.54, 1.807) is 30.3 Å². The van der Waals surface area contributed by atoms with Crippen LogP contribution in [-0.2, 0) is 27.2 Å². The Morgan fingerprint density at radius 3 is 2.72 bits per heavy atom. The zero-order chi connectivity index (χ0) is 22.8. The lowest BCUT2D eigenvalue weighted by molar-refractivity contribution is -0.144. The van der Waals surface area contributed by atoms with Gasteiger partial charge in [-0.25, -0.2) is 9.78 Å². The number of aryl methyl sites for hydroxylation is 2. The van der Waals surface area contributed by atoms with E-state index in [2.05, 4.69) is 27.8 Å². The Morgan fingerprint density at radius 1 is 1.12 bits per heavy atom. The third kappa shape index (κ3) is 7.03. The van der Waals surface area contributed by atoms with Gasteiger partial charge in [0, 0.05) is 31.9 Å². The minimum Gasteiger partial charge on any atom is -0.480 e. The summed E-state index contributed by atoms with van der Waals surface area (Å²) in [7, 11) is 0. The Labute approximate surface area is 188 Å². The van der Waals surface area contributed by atoms with E-state index in [1.165, 1.54) is 5.56 Å². The van der Waals surface area contributed by atoms with Crippen LogP contribution >= 0.6 is 0 Å². The van der Waals surface area contributed by atoms with Gasteiger partial charge in [0.15, 0.2) is 6.10 Å². The SMILES string of the molecule is O=C(O)[C@H](CCOCCCCc1ccc2c(n1)NCCC2)NC(=O)[C@H](O)c1ccccc1. The number of unbranched alkanes of at least 4 members (excludes halogenated alkanes) is 1. The van der Waals surface area contributed by atoms with Crippen LogP contribution in [0.2, 0.25) is 0 Å². The summed E-state index contributed by atoms with van der Waals surface area (Å²) in [5.74, 6) is -0.894. The highest BCUT2D eigenvalue weighted by Gasteiger charge is 2.24. The van der Waals surface area contributed by atoms with Gasteiger partial charge >= 0.3 is 5.97 Å². The maximum absolute atomic E-state index is 12.2. The molecule has 1 aliphatic rings. The Bertz CT molecular complexity index is 890. The molecule has 2 atom stereocenters. The van der Waals surface area contributed by atoms with Gasteiger partial charge in [-0.2, -0.15) is 0 Å². The van der Waals surface area contributed by atoms with Crippen LogP contribution in [0, 0.1) is 0 Å². The fourth-order valence-corrected chi connectivity index (χ4v) is 3.62. The number of benzene rings is 1. The first kappa shape index (κ1) is 23.7. The lowest BCUT2D eigenvalue weighted by Crippen LogP contribution is -2.43. The standard InChI is InChI=1S/C24H31N3O5/c28-21(17-7-2-1-3-8-17)23(29)27-20(24(30)31)13-16-32-15-5-4-10-19-12-11-18-9-6-14-25-22(18)26-19/h1-3,7-8,11-12,20-21,28H,4-6,9-10,13-16H2,(H,25,26)(H,27,29)(H,30,31)/t20-,21+/m0/s1. The normalized spacial score (nSPS) is 14.7. The number of aliphatic carboxylic acids is 1. The van der Waals surface area contributed by atoms with Crippen LogP contribution in [-0.4, -0.2) is 52.9 Å². The molecule has 0 spiro atoms. The summed E-state index contributed by atoms with van der Waals surface area (Å²) >= 11 is 0. The summed E-state index contributed by atoms with van der Waals surface area (Å²) in [6.45, 7) is 1.69. The quantitative estimate of drug-likeness (QED) is 0.373. The average Bonchev–Trinajstić information content (AvgIpc) is 2.82. The fraction of sp³-hybridized carbons (Fsp3) is 0.458. The molecule has 2 heterocycles. The van der Waals surface area contributed by atoms with Crippen LogP contribution in [0.25, 0.3) is 0 Å². The lowest BCUT2D eigenvalue weighted by Gasteiger charge is -2.18. The molecule has 0 radical (unpaired) electrons. The molecule has 172 valence electrons. The van der Waals surface area contributed by atoms with Crippen molar-refractivity contribution in [2.45, 2.75) is 50.7 Å². The van der Waals surface area contributed by atoms with E-state index in [0.717, 1.165) is 50.2 Å². The van der Waals surface area contributed by atoms with Crippen molar-refractivity contribution in [3.05, 3.63) is 59.3 Å². The molecule has 8 heteroatoms. The van der Waals surface area contributed by atoms with E-state index in [-0.39, 0.29) is 13.0 Å². The van der Waals surface area contributed by atoms with Gasteiger partial charge in [0.2, 0.25) is 0 Å². The summed E-state index contributed by atoms with van der Waals surface area (Å²) in [6, 6.07) is 11.5. The number of nitrogens with one attached hydrogen (secondary N) is 2. The van der Waals surface area contributed by atoms with E-state index in [9.17, 15) is 19.8 Å². The summed E-state index contributed by atoms with van der Waals surface area (Å²) < 4.78 is 5.56. The van der Waals surface area contributed by atoms with Gasteiger partial charge in [-0.15, -0.1) is 0 Å². The number of hydrogen-bond donors (Lipinski definition) is 4. The maximum Gasteiger partial charge on any atom is 0.326 e. The Kier molecular flexibility index (Phi) is 9.01. The number of rotatable bonds is 12. The van der Waals surface area contributed by atoms with Crippen molar-refractivity contribution in [3.8, 4) is 0 Å². The molecule has 0 unspecified atom stereocenters. The van der Waals surface area contributed by atoms with Crippen molar-refractivity contribution >= 4 is 17.7 Å². The van der Waals surface area contributed by atoms with Crippen molar-refractivity contribution in [1.29, 1.82) is 0 Å². The molecule has 0 bridgehead atoms. The molecule has 1 aromatic heterocycles. The number of carboxylic acid groups (broad SMARTS) is 1. The van der Waals surface area contributed by atoms with Crippen LogP contribution in [0.15, 0.2) is 42.5 Å². The Hall–Kier alpha value is -2.97. The molecule has 4 N–H and O–H groups in total. The van der Waals surface area contributed by atoms with E-state index >= 15 is 0 Å². The van der Waals surface area contributed by atoms with E-state index < -0.39 is 24.0 Å². The number of carboxylic acids is 1. The maximum atomic E-state index is 12.2. The Balaban J connectivity index is 1.32. The minimum absolute atomic E-state index is 0.126. The molecule has 1 aromatic carbocycles. The van der Waals surface area contributed by atoms with Gasteiger partial charge < -0.3 is 25.6 Å². The van der Waals surface area contributed by atoms with Crippen LogP contribution in [0.1, 0.15) is 48.6 Å². The lowest BCUT2D eigenvalue weighted by atomic mass is 10.1. The highest BCUT2D eigenvalue weighted by molar-refractivity contribution is 5.86. The van der Waals surface area contributed by atoms with E-state index in [4.69, 9.17) is 4.74 Å². The number of amides is 1. The van der Waals surface area contributed by atoms with Crippen molar-refractivity contribution in [2.75, 3.05) is 25.1 Å². The Morgan fingerprint density at radius 2 is 1.94 bits per heavy atom. The summed E-state index contributed by atoms with van der Waals surface area (Å²) in [5, 5.41) is 25.2. The predicted octanol–water partition coefficient (Wildman–Crippen LogP) is 2.47. The second-order valence-electron chi connectivity index (χ2n) is 7.91. The number of ether oxygens (including phenoxy) is 1. The van der Waals surface area contributed by atoms with Gasteiger partial charge in [0.25, 0.3) is 5.91 Å². The highest BCUT2D eigenvalue weighted by Crippen LogP contribution is 2.20. The minimum atomic E-state index is -1.41. The number of aliphatic hydroxyl groups is 1. The van der Waals surface area contributed by atoms with Gasteiger partial charge in [-0.05, 0) is 49.3 Å². The van der Waals surface area contributed by atoms with Crippen LogP contribution in [0.5, 0.6) is 0 Å². The number of hydrogen-bond acceptors (Lipinski definition) is 6. The van der Waals surface area contributed by atoms with Gasteiger partial charge in [0.05, 0.1) is 0 Å². The van der Waals surface area contributed by atoms with Gasteiger partial charge in [-0.1, -0.05) is 36.4 Å². The number of carbonyl (C=O) groups excluding carboxylic acids is 1. The van der Waals surface area contributed by atoms with Gasteiger partial charge in [0.1, 0.15) is 11.9 Å². The fourth-order valence-electron chi connectivity index (χ4n) is 3.62. The monoisotopic (exact) mass is 441 g/mol. The van der Waals surface area contributed by atoms with Gasteiger partial charge in [-0.3, -0.25) is 4.79 Å². The molecular formula is C24H31N3O5. The topological polar surface area (TPSA) is 121 Å². The summed E-state index contributed by atoms with van der Waals surface area (Å²) in [5.41, 5.74) is 2.75. The molecule has 0 saturated heterocycles. The summed E-state index contributed by atoms with van der Waals surface area (Å²) in [6.07, 6.45) is 3.56. The zero-order valence-electron chi connectivity index (χ0n) is 18.1. The molecule has 1 aliphatic heterocycles. The van der Waals surface area contributed by atoms with E-state index in [0.29, 0.717) is 12.2 Å². The summed E-state index contributed by atoms with van der Waals surface area (Å²) in [4.78, 5) is 28.3. The number of pyridine rings is 1. The number of carbonyl (C=O) groups is 2. The van der Waals surface area contributed by atoms with Crippen molar-refractivity contribution in [3.63, 3.8) is 0 Å². The smallest absolute Gasteiger partial charge is 0.326 e. The van der Waals surface area contributed by atoms with Crippen LogP contribution in [0.4, 0.5) is 5.82 Å². The second-order valence-corrected chi connectivity index (χ2v) is 7.91. The largest absolute Gasteiger partial charge is 0.480 e. The number of anilines is 1. The van der Waals surface area contributed by atoms with E-state index in [1.807, 2.05) is 0 Å². The molecule has 32 heavy (non-hydrogen) atoms. The van der Waals surface area contributed by atoms with Crippen molar-refractivity contribution in [1.82, 2.24) is 10.3 Å². The average molecular weight is 442 g/mol. The van der Waals surface area contributed by atoms with Crippen molar-refractivity contribution < 1.29 is 24.5 Å². The first-order valence-electron chi connectivity index (χ1n) is 11.1.